The smallest absolute Gasteiger partial charge is 0.267 e. The molecule has 0 bridgehead atoms. The van der Waals surface area contributed by atoms with Crippen LogP contribution in [0.15, 0.2) is 54.6 Å². The molecule has 0 radical (unpaired) electrons. The SMILES string of the molecule is Cc1nn(-c2ccccc2)c(C)c1CN(C)C(=O)[C@@H]1COc2ccccc2O1. The van der Waals surface area contributed by atoms with E-state index in [-0.39, 0.29) is 12.5 Å². The zero-order valence-corrected chi connectivity index (χ0v) is 16.3. The summed E-state index contributed by atoms with van der Waals surface area (Å²) in [5, 5.41) is 4.66. The van der Waals surface area contributed by atoms with Gasteiger partial charge in [0.05, 0.1) is 11.4 Å². The Kier molecular flexibility index (Phi) is 4.77. The number of aromatic nitrogens is 2. The van der Waals surface area contributed by atoms with Crippen molar-refractivity contribution >= 4 is 5.91 Å². The van der Waals surface area contributed by atoms with Gasteiger partial charge in [-0.3, -0.25) is 4.79 Å². The summed E-state index contributed by atoms with van der Waals surface area (Å²) in [4.78, 5) is 14.6. The molecule has 0 unspecified atom stereocenters. The number of amides is 1. The Morgan fingerprint density at radius 2 is 1.79 bits per heavy atom. The predicted octanol–water partition coefficient (Wildman–Crippen LogP) is 3.29. The molecule has 0 saturated heterocycles. The topological polar surface area (TPSA) is 56.6 Å². The second-order valence-corrected chi connectivity index (χ2v) is 6.96. The van der Waals surface area contributed by atoms with Crippen molar-refractivity contribution < 1.29 is 14.3 Å². The molecule has 144 valence electrons. The van der Waals surface area contributed by atoms with Crippen LogP contribution in [-0.4, -0.2) is 40.3 Å². The summed E-state index contributed by atoms with van der Waals surface area (Å²) in [6, 6.07) is 17.4. The van der Waals surface area contributed by atoms with Gasteiger partial charge >= 0.3 is 0 Å². The van der Waals surface area contributed by atoms with Crippen molar-refractivity contribution in [3.8, 4) is 17.2 Å². The Bertz CT molecular complexity index is 998. The molecule has 3 aromatic rings. The normalized spacial score (nSPS) is 15.3. The lowest BCUT2D eigenvalue weighted by Crippen LogP contribution is -2.44. The number of fused-ring (bicyclic) bond motifs is 1. The number of carbonyl (C=O) groups excluding carboxylic acids is 1. The summed E-state index contributed by atoms with van der Waals surface area (Å²) in [6.45, 7) is 4.67. The minimum atomic E-state index is -0.648. The van der Waals surface area contributed by atoms with Gasteiger partial charge in [-0.15, -0.1) is 0 Å². The van der Waals surface area contributed by atoms with Gasteiger partial charge in [-0.1, -0.05) is 30.3 Å². The maximum atomic E-state index is 12.9. The Hall–Kier alpha value is -3.28. The molecule has 1 atom stereocenters. The third-order valence-corrected chi connectivity index (χ3v) is 5.00. The van der Waals surface area contributed by atoms with Gasteiger partial charge in [0.15, 0.2) is 11.5 Å². The van der Waals surface area contributed by atoms with Gasteiger partial charge in [-0.25, -0.2) is 4.68 Å². The number of aryl methyl sites for hydroxylation is 1. The molecule has 2 aromatic carbocycles. The fourth-order valence-corrected chi connectivity index (χ4v) is 3.43. The molecule has 0 N–H and O–H groups in total. The fraction of sp³-hybridized carbons (Fsp3) is 0.273. The van der Waals surface area contributed by atoms with E-state index in [0.717, 1.165) is 22.6 Å². The molecular formula is C22H23N3O3. The lowest BCUT2D eigenvalue weighted by Gasteiger charge is -2.29. The Labute approximate surface area is 164 Å². The molecule has 0 spiro atoms. The molecule has 28 heavy (non-hydrogen) atoms. The summed E-state index contributed by atoms with van der Waals surface area (Å²) in [5.74, 6) is 1.16. The fourth-order valence-electron chi connectivity index (χ4n) is 3.43. The first-order valence-corrected chi connectivity index (χ1v) is 9.28. The van der Waals surface area contributed by atoms with Crippen LogP contribution in [0.2, 0.25) is 0 Å². The highest BCUT2D eigenvalue weighted by atomic mass is 16.6. The maximum Gasteiger partial charge on any atom is 0.267 e. The molecule has 1 aliphatic rings. The van der Waals surface area contributed by atoms with Crippen LogP contribution < -0.4 is 9.47 Å². The molecule has 0 fully saturated rings. The molecule has 0 saturated carbocycles. The third kappa shape index (κ3) is 3.33. The van der Waals surface area contributed by atoms with E-state index in [1.807, 2.05) is 73.1 Å². The number of ether oxygens (including phenoxy) is 2. The number of nitrogens with zero attached hydrogens (tertiary/aromatic N) is 3. The second kappa shape index (κ2) is 7.38. The van der Waals surface area contributed by atoms with Gasteiger partial charge in [-0.2, -0.15) is 5.10 Å². The van der Waals surface area contributed by atoms with E-state index in [2.05, 4.69) is 5.10 Å². The van der Waals surface area contributed by atoms with Crippen LogP contribution >= 0.6 is 0 Å². The predicted molar refractivity (Wildman–Crippen MR) is 106 cm³/mol. The first kappa shape index (κ1) is 18.1. The number of likely N-dealkylation sites (N-methyl/N-ethyl adjacent to an activating group) is 1. The van der Waals surface area contributed by atoms with Gasteiger partial charge in [0, 0.05) is 24.8 Å². The molecule has 2 heterocycles. The van der Waals surface area contributed by atoms with E-state index in [0.29, 0.717) is 18.0 Å². The summed E-state index contributed by atoms with van der Waals surface area (Å²) >= 11 is 0. The number of rotatable bonds is 4. The Balaban J connectivity index is 1.50. The Morgan fingerprint density at radius 3 is 2.54 bits per heavy atom. The largest absolute Gasteiger partial charge is 0.485 e. The minimum Gasteiger partial charge on any atom is -0.485 e. The van der Waals surface area contributed by atoms with Crippen LogP contribution in [0.5, 0.6) is 11.5 Å². The van der Waals surface area contributed by atoms with Crippen molar-refractivity contribution in [1.82, 2.24) is 14.7 Å². The zero-order valence-electron chi connectivity index (χ0n) is 16.3. The number of carbonyl (C=O) groups is 1. The van der Waals surface area contributed by atoms with Gasteiger partial charge in [0.1, 0.15) is 6.61 Å². The monoisotopic (exact) mass is 377 g/mol. The summed E-state index contributed by atoms with van der Waals surface area (Å²) in [6.07, 6.45) is -0.648. The van der Waals surface area contributed by atoms with E-state index >= 15 is 0 Å². The number of benzene rings is 2. The number of hydrogen-bond acceptors (Lipinski definition) is 4. The molecule has 0 aliphatic carbocycles. The molecular weight excluding hydrogens is 354 g/mol. The quantitative estimate of drug-likeness (QED) is 0.700. The van der Waals surface area contributed by atoms with E-state index < -0.39 is 6.10 Å². The molecule has 1 aliphatic heterocycles. The van der Waals surface area contributed by atoms with Crippen molar-refractivity contribution in [3.05, 3.63) is 71.5 Å². The second-order valence-electron chi connectivity index (χ2n) is 6.96. The minimum absolute atomic E-state index is 0.110. The van der Waals surface area contributed by atoms with Gasteiger partial charge in [0.25, 0.3) is 5.91 Å². The lowest BCUT2D eigenvalue weighted by molar-refractivity contribution is -0.140. The summed E-state index contributed by atoms with van der Waals surface area (Å²) in [5.41, 5.74) is 3.97. The third-order valence-electron chi connectivity index (χ3n) is 5.00. The van der Waals surface area contributed by atoms with Crippen molar-refractivity contribution in [2.24, 2.45) is 0 Å². The molecule has 6 nitrogen and oxygen atoms in total. The van der Waals surface area contributed by atoms with Crippen molar-refractivity contribution in [2.45, 2.75) is 26.5 Å². The van der Waals surface area contributed by atoms with Crippen LogP contribution in [0.3, 0.4) is 0 Å². The standard InChI is InChI=1S/C22H23N3O3/c1-15-18(16(2)25(23-15)17-9-5-4-6-10-17)13-24(3)22(26)21-14-27-19-11-7-8-12-20(19)28-21/h4-12,21H,13-14H2,1-3H3/t21-/m0/s1. The molecule has 1 amide bonds. The highest BCUT2D eigenvalue weighted by Gasteiger charge is 2.30. The van der Waals surface area contributed by atoms with Crippen molar-refractivity contribution in [2.75, 3.05) is 13.7 Å². The average molecular weight is 377 g/mol. The first-order chi connectivity index (χ1) is 13.5. The molecule has 1 aromatic heterocycles. The zero-order chi connectivity index (χ0) is 19.7. The molecule has 4 rings (SSSR count). The summed E-state index contributed by atoms with van der Waals surface area (Å²) < 4.78 is 13.4. The Morgan fingerprint density at radius 1 is 1.11 bits per heavy atom. The van der Waals surface area contributed by atoms with Gasteiger partial charge in [-0.05, 0) is 38.1 Å². The van der Waals surface area contributed by atoms with Gasteiger partial charge < -0.3 is 14.4 Å². The number of hydrogen-bond donors (Lipinski definition) is 0. The van der Waals surface area contributed by atoms with E-state index in [4.69, 9.17) is 9.47 Å². The first-order valence-electron chi connectivity index (χ1n) is 9.28. The van der Waals surface area contributed by atoms with Crippen LogP contribution in [0.1, 0.15) is 17.0 Å². The van der Waals surface area contributed by atoms with Crippen LogP contribution in [0.4, 0.5) is 0 Å². The summed E-state index contributed by atoms with van der Waals surface area (Å²) in [7, 11) is 1.78. The van der Waals surface area contributed by atoms with E-state index in [9.17, 15) is 4.79 Å². The molecule has 6 heteroatoms. The number of para-hydroxylation sites is 3. The average Bonchev–Trinajstić information content (AvgIpc) is 3.01. The van der Waals surface area contributed by atoms with Crippen LogP contribution in [0, 0.1) is 13.8 Å². The van der Waals surface area contributed by atoms with Crippen LogP contribution in [0.25, 0.3) is 5.69 Å². The highest BCUT2D eigenvalue weighted by molar-refractivity contribution is 5.81. The van der Waals surface area contributed by atoms with Crippen molar-refractivity contribution in [3.63, 3.8) is 0 Å². The van der Waals surface area contributed by atoms with E-state index in [1.165, 1.54) is 0 Å². The van der Waals surface area contributed by atoms with Crippen molar-refractivity contribution in [1.29, 1.82) is 0 Å². The lowest BCUT2D eigenvalue weighted by atomic mass is 10.1. The van der Waals surface area contributed by atoms with Gasteiger partial charge in [0.2, 0.25) is 6.10 Å². The maximum absolute atomic E-state index is 12.9. The highest BCUT2D eigenvalue weighted by Crippen LogP contribution is 2.31. The van der Waals surface area contributed by atoms with E-state index in [1.54, 1.807) is 11.9 Å². The van der Waals surface area contributed by atoms with Crippen LogP contribution in [-0.2, 0) is 11.3 Å².